The Bertz CT molecular complexity index is 580. The lowest BCUT2D eigenvalue weighted by molar-refractivity contribution is 0.449. The SMILES string of the molecule is CCNC(c1cc(C)c(F)cc1Cl)c1occc1C. The molecule has 0 amide bonds. The molecule has 1 aromatic carbocycles. The maximum Gasteiger partial charge on any atom is 0.128 e. The third kappa shape index (κ3) is 2.82. The van der Waals surface area contributed by atoms with E-state index in [4.69, 9.17) is 16.0 Å². The Morgan fingerprint density at radius 1 is 1.32 bits per heavy atom. The van der Waals surface area contributed by atoms with Crippen molar-refractivity contribution in [2.75, 3.05) is 6.54 Å². The van der Waals surface area contributed by atoms with Crippen molar-refractivity contribution in [2.45, 2.75) is 26.8 Å². The Labute approximate surface area is 117 Å². The van der Waals surface area contributed by atoms with Gasteiger partial charge in [-0.25, -0.2) is 4.39 Å². The van der Waals surface area contributed by atoms with Crippen LogP contribution in [0.5, 0.6) is 0 Å². The maximum absolute atomic E-state index is 13.5. The Kier molecular flexibility index (Phi) is 4.27. The standard InChI is InChI=1S/C15H17ClFNO/c1-4-18-14(15-9(2)5-6-19-15)11-7-10(3)13(17)8-12(11)16/h5-8,14,18H,4H2,1-3H3. The molecular weight excluding hydrogens is 265 g/mol. The number of furan rings is 1. The predicted molar refractivity (Wildman–Crippen MR) is 75.1 cm³/mol. The van der Waals surface area contributed by atoms with Crippen LogP contribution in [0.15, 0.2) is 28.9 Å². The molecule has 2 nitrogen and oxygen atoms in total. The van der Waals surface area contributed by atoms with Crippen molar-refractivity contribution in [2.24, 2.45) is 0 Å². The molecule has 4 heteroatoms. The van der Waals surface area contributed by atoms with E-state index in [0.717, 1.165) is 23.4 Å². The smallest absolute Gasteiger partial charge is 0.128 e. The number of hydrogen-bond donors (Lipinski definition) is 1. The van der Waals surface area contributed by atoms with E-state index in [9.17, 15) is 4.39 Å². The normalized spacial score (nSPS) is 12.7. The third-order valence-corrected chi connectivity index (χ3v) is 3.49. The summed E-state index contributed by atoms with van der Waals surface area (Å²) >= 11 is 6.18. The molecule has 0 saturated carbocycles. The molecule has 1 N–H and O–H groups in total. The summed E-state index contributed by atoms with van der Waals surface area (Å²) in [4.78, 5) is 0. The van der Waals surface area contributed by atoms with Crippen molar-refractivity contribution in [3.8, 4) is 0 Å². The van der Waals surface area contributed by atoms with Gasteiger partial charge in [-0.1, -0.05) is 18.5 Å². The van der Waals surface area contributed by atoms with E-state index >= 15 is 0 Å². The van der Waals surface area contributed by atoms with E-state index in [0.29, 0.717) is 10.6 Å². The molecule has 0 saturated heterocycles. The molecule has 2 rings (SSSR count). The minimum Gasteiger partial charge on any atom is -0.467 e. The number of hydrogen-bond acceptors (Lipinski definition) is 2. The lowest BCUT2D eigenvalue weighted by atomic mass is 10.00. The van der Waals surface area contributed by atoms with Gasteiger partial charge in [-0.15, -0.1) is 0 Å². The van der Waals surface area contributed by atoms with Crippen LogP contribution in [0.3, 0.4) is 0 Å². The largest absolute Gasteiger partial charge is 0.467 e. The molecule has 0 spiro atoms. The summed E-state index contributed by atoms with van der Waals surface area (Å²) in [6.07, 6.45) is 1.65. The van der Waals surface area contributed by atoms with Crippen LogP contribution in [0.2, 0.25) is 5.02 Å². The molecule has 102 valence electrons. The van der Waals surface area contributed by atoms with Crippen molar-refractivity contribution in [3.63, 3.8) is 0 Å². The molecule has 0 aliphatic carbocycles. The summed E-state index contributed by atoms with van der Waals surface area (Å²) in [5.41, 5.74) is 2.45. The summed E-state index contributed by atoms with van der Waals surface area (Å²) in [7, 11) is 0. The van der Waals surface area contributed by atoms with Gasteiger partial charge in [-0.2, -0.15) is 0 Å². The zero-order valence-electron chi connectivity index (χ0n) is 11.3. The number of halogens is 2. The fourth-order valence-electron chi connectivity index (χ4n) is 2.13. The van der Waals surface area contributed by atoms with Gasteiger partial charge in [-0.05, 0) is 55.3 Å². The zero-order valence-corrected chi connectivity index (χ0v) is 12.0. The van der Waals surface area contributed by atoms with Crippen LogP contribution in [-0.4, -0.2) is 6.54 Å². The quantitative estimate of drug-likeness (QED) is 0.899. The van der Waals surface area contributed by atoms with Gasteiger partial charge in [0.1, 0.15) is 11.6 Å². The predicted octanol–water partition coefficient (Wildman–Crippen LogP) is 4.39. The highest BCUT2D eigenvalue weighted by Gasteiger charge is 2.21. The minimum atomic E-state index is -0.292. The summed E-state index contributed by atoms with van der Waals surface area (Å²) in [5, 5.41) is 3.74. The molecule has 0 fully saturated rings. The molecule has 19 heavy (non-hydrogen) atoms. The highest BCUT2D eigenvalue weighted by Crippen LogP contribution is 2.32. The van der Waals surface area contributed by atoms with Crippen LogP contribution >= 0.6 is 11.6 Å². The molecule has 1 atom stereocenters. The highest BCUT2D eigenvalue weighted by molar-refractivity contribution is 6.31. The molecule has 2 aromatic rings. The first-order valence-corrected chi connectivity index (χ1v) is 6.65. The summed E-state index contributed by atoms with van der Waals surface area (Å²) in [6.45, 7) is 6.48. The minimum absolute atomic E-state index is 0.160. The van der Waals surface area contributed by atoms with E-state index in [2.05, 4.69) is 5.32 Å². The van der Waals surface area contributed by atoms with Crippen molar-refractivity contribution < 1.29 is 8.81 Å². The van der Waals surface area contributed by atoms with Crippen LogP contribution in [-0.2, 0) is 0 Å². The van der Waals surface area contributed by atoms with Crippen molar-refractivity contribution in [3.05, 3.63) is 57.8 Å². The first-order chi connectivity index (χ1) is 9.04. The third-order valence-electron chi connectivity index (χ3n) is 3.16. The Morgan fingerprint density at radius 3 is 2.63 bits per heavy atom. The van der Waals surface area contributed by atoms with Gasteiger partial charge in [0.15, 0.2) is 0 Å². The van der Waals surface area contributed by atoms with Crippen LogP contribution in [0.25, 0.3) is 0 Å². The van der Waals surface area contributed by atoms with E-state index in [1.165, 1.54) is 6.07 Å². The number of nitrogens with one attached hydrogen (secondary N) is 1. The number of benzene rings is 1. The van der Waals surface area contributed by atoms with Gasteiger partial charge in [0.2, 0.25) is 0 Å². The van der Waals surface area contributed by atoms with Gasteiger partial charge >= 0.3 is 0 Å². The van der Waals surface area contributed by atoms with Crippen molar-refractivity contribution >= 4 is 11.6 Å². The molecule has 0 aliphatic heterocycles. The topological polar surface area (TPSA) is 25.2 Å². The Hall–Kier alpha value is -1.32. The fraction of sp³-hybridized carbons (Fsp3) is 0.333. The van der Waals surface area contributed by atoms with Crippen LogP contribution in [0.4, 0.5) is 4.39 Å². The second kappa shape index (κ2) is 5.76. The Balaban J connectivity index is 2.51. The summed E-state index contributed by atoms with van der Waals surface area (Å²) in [5.74, 6) is 0.523. The van der Waals surface area contributed by atoms with E-state index in [1.807, 2.05) is 19.9 Å². The van der Waals surface area contributed by atoms with Gasteiger partial charge in [0.25, 0.3) is 0 Å². The fourth-order valence-corrected chi connectivity index (χ4v) is 2.39. The highest BCUT2D eigenvalue weighted by atomic mass is 35.5. The van der Waals surface area contributed by atoms with Crippen LogP contribution < -0.4 is 5.32 Å². The molecule has 1 unspecified atom stereocenters. The van der Waals surface area contributed by atoms with Gasteiger partial charge in [0.05, 0.1) is 12.3 Å². The molecule has 0 radical (unpaired) electrons. The lowest BCUT2D eigenvalue weighted by Gasteiger charge is -2.19. The number of rotatable bonds is 4. The monoisotopic (exact) mass is 281 g/mol. The second-order valence-corrected chi connectivity index (χ2v) is 4.99. The summed E-state index contributed by atoms with van der Waals surface area (Å²) in [6, 6.07) is 4.87. The van der Waals surface area contributed by atoms with Crippen molar-refractivity contribution in [1.29, 1.82) is 0 Å². The lowest BCUT2D eigenvalue weighted by Crippen LogP contribution is -2.22. The van der Waals surface area contributed by atoms with Crippen LogP contribution in [0, 0.1) is 19.7 Å². The van der Waals surface area contributed by atoms with Gasteiger partial charge in [0, 0.05) is 5.02 Å². The molecular formula is C15H17ClFNO. The van der Waals surface area contributed by atoms with Gasteiger partial charge < -0.3 is 9.73 Å². The second-order valence-electron chi connectivity index (χ2n) is 4.58. The average molecular weight is 282 g/mol. The molecule has 0 bridgehead atoms. The van der Waals surface area contributed by atoms with E-state index in [1.54, 1.807) is 19.3 Å². The molecule has 1 aromatic heterocycles. The zero-order chi connectivity index (χ0) is 14.0. The van der Waals surface area contributed by atoms with E-state index in [-0.39, 0.29) is 11.9 Å². The van der Waals surface area contributed by atoms with Crippen LogP contribution in [0.1, 0.15) is 35.4 Å². The Morgan fingerprint density at radius 2 is 2.05 bits per heavy atom. The molecule has 0 aliphatic rings. The average Bonchev–Trinajstić information content (AvgIpc) is 2.77. The van der Waals surface area contributed by atoms with Gasteiger partial charge in [-0.3, -0.25) is 0 Å². The number of aryl methyl sites for hydroxylation is 2. The molecule has 1 heterocycles. The summed E-state index contributed by atoms with van der Waals surface area (Å²) < 4.78 is 19.0. The first-order valence-electron chi connectivity index (χ1n) is 6.27. The van der Waals surface area contributed by atoms with Crippen molar-refractivity contribution in [1.82, 2.24) is 5.32 Å². The van der Waals surface area contributed by atoms with E-state index < -0.39 is 0 Å². The maximum atomic E-state index is 13.5. The first kappa shape index (κ1) is 14.1.